The van der Waals surface area contributed by atoms with Crippen molar-refractivity contribution in [3.05, 3.63) is 58.7 Å². The summed E-state index contributed by atoms with van der Waals surface area (Å²) < 4.78 is 0. The minimum Gasteiger partial charge on any atom is -0.478 e. The minimum atomic E-state index is -0.897. The molecule has 0 fully saturated rings. The van der Waals surface area contributed by atoms with Crippen LogP contribution in [0.5, 0.6) is 0 Å². The van der Waals surface area contributed by atoms with Gasteiger partial charge in [-0.3, -0.25) is 0 Å². The summed E-state index contributed by atoms with van der Waals surface area (Å²) in [6.45, 7) is 7.39. The van der Waals surface area contributed by atoms with Crippen LogP contribution in [0.3, 0.4) is 0 Å². The molecule has 148 valence electrons. The number of hydrogen-bond acceptors (Lipinski definition) is 5. The van der Waals surface area contributed by atoms with Crippen molar-refractivity contribution in [1.82, 2.24) is 0 Å². The third kappa shape index (κ3) is 6.92. The maximum Gasteiger partial charge on any atom is 0.335 e. The number of aliphatic hydroxyl groups is 2. The number of carboxylic acid groups (broad SMARTS) is 1. The molecule has 0 heterocycles. The van der Waals surface area contributed by atoms with Crippen molar-refractivity contribution in [2.24, 2.45) is 0 Å². The van der Waals surface area contributed by atoms with Crippen LogP contribution >= 0.6 is 0 Å². The average Bonchev–Trinajstić information content (AvgIpc) is 2.64. The molecule has 6 heteroatoms. The van der Waals surface area contributed by atoms with E-state index in [0.717, 1.165) is 16.9 Å². The van der Waals surface area contributed by atoms with Gasteiger partial charge in [-0.2, -0.15) is 0 Å². The van der Waals surface area contributed by atoms with Gasteiger partial charge in [0.2, 0.25) is 0 Å². The number of rotatable bonds is 7. The third-order valence-electron chi connectivity index (χ3n) is 4.35. The smallest absolute Gasteiger partial charge is 0.335 e. The second-order valence-electron chi connectivity index (χ2n) is 6.29. The highest BCUT2D eigenvalue weighted by atomic mass is 16.4. The van der Waals surface area contributed by atoms with Gasteiger partial charge in [-0.05, 0) is 61.7 Å². The van der Waals surface area contributed by atoms with Crippen LogP contribution in [0, 0.1) is 20.8 Å². The quantitative estimate of drug-likeness (QED) is 0.596. The largest absolute Gasteiger partial charge is 0.478 e. The lowest BCUT2D eigenvalue weighted by molar-refractivity contribution is 0.0697. The summed E-state index contributed by atoms with van der Waals surface area (Å²) in [6, 6.07) is 11.2. The second-order valence-corrected chi connectivity index (χ2v) is 6.29. The van der Waals surface area contributed by atoms with Crippen molar-refractivity contribution in [1.29, 1.82) is 0 Å². The average molecular weight is 374 g/mol. The lowest BCUT2D eigenvalue weighted by Crippen LogP contribution is -2.29. The maximum atomic E-state index is 10.6. The van der Waals surface area contributed by atoms with Crippen LogP contribution in [-0.2, 0) is 0 Å². The Hall–Kier alpha value is -2.57. The number of carbonyl (C=O) groups is 1. The Morgan fingerprint density at radius 1 is 0.926 bits per heavy atom. The zero-order chi connectivity index (χ0) is 20.4. The molecule has 27 heavy (non-hydrogen) atoms. The molecule has 6 nitrogen and oxygen atoms in total. The predicted molar refractivity (Wildman–Crippen MR) is 110 cm³/mol. The van der Waals surface area contributed by atoms with Gasteiger partial charge >= 0.3 is 5.97 Å². The summed E-state index contributed by atoms with van der Waals surface area (Å²) in [5.41, 5.74) is 5.75. The highest BCUT2D eigenvalue weighted by Gasteiger charge is 2.06. The normalized spacial score (nSPS) is 10.0. The van der Waals surface area contributed by atoms with Gasteiger partial charge in [-0.15, -0.1) is 0 Å². The van der Waals surface area contributed by atoms with Crippen LogP contribution in [0.1, 0.15) is 27.0 Å². The highest BCUT2D eigenvalue weighted by molar-refractivity contribution is 5.89. The summed E-state index contributed by atoms with van der Waals surface area (Å²) in [5.74, 6) is -0.897. The van der Waals surface area contributed by atoms with Crippen LogP contribution in [0.15, 0.2) is 36.4 Å². The highest BCUT2D eigenvalue weighted by Crippen LogP contribution is 2.18. The molecule has 0 saturated carbocycles. The number of aryl methyl sites for hydroxylation is 3. The Morgan fingerprint density at radius 3 is 2.00 bits per heavy atom. The minimum absolute atomic E-state index is 0.104. The Labute approximate surface area is 161 Å². The predicted octanol–water partition coefficient (Wildman–Crippen LogP) is 2.83. The molecule has 0 aliphatic heterocycles. The molecule has 0 amide bonds. The molecule has 0 aliphatic carbocycles. The van der Waals surface area contributed by atoms with Crippen molar-refractivity contribution in [3.63, 3.8) is 0 Å². The first-order chi connectivity index (χ1) is 12.8. The topological polar surface area (TPSA) is 93.0 Å². The van der Waals surface area contributed by atoms with Crippen molar-refractivity contribution in [2.45, 2.75) is 20.8 Å². The number of anilines is 2. The number of nitrogens with one attached hydrogen (secondary N) is 1. The van der Waals surface area contributed by atoms with Gasteiger partial charge < -0.3 is 25.5 Å². The first-order valence-electron chi connectivity index (χ1n) is 8.89. The fraction of sp³-hybridized carbons (Fsp3) is 0.381. The van der Waals surface area contributed by atoms with E-state index in [1.165, 1.54) is 11.1 Å². The molecule has 4 N–H and O–H groups in total. The Morgan fingerprint density at radius 2 is 1.52 bits per heavy atom. The lowest BCUT2D eigenvalue weighted by Gasteiger charge is -2.23. The van der Waals surface area contributed by atoms with E-state index in [4.69, 9.17) is 15.3 Å². The van der Waals surface area contributed by atoms with E-state index >= 15 is 0 Å². The van der Waals surface area contributed by atoms with Gasteiger partial charge in [0.15, 0.2) is 0 Å². The van der Waals surface area contributed by atoms with Crippen molar-refractivity contribution in [2.75, 3.05) is 43.6 Å². The Kier molecular flexibility index (Phi) is 9.33. The molecule has 0 atom stereocenters. The SMILES string of the molecule is CNc1cc(C(=O)O)ccc1C.Cc1ccc(N(CCO)CCO)cc1C. The summed E-state index contributed by atoms with van der Waals surface area (Å²) in [6.07, 6.45) is 0. The van der Waals surface area contributed by atoms with Crippen molar-refractivity contribution in [3.8, 4) is 0 Å². The van der Waals surface area contributed by atoms with E-state index in [2.05, 4.69) is 31.3 Å². The molecule has 0 aromatic heterocycles. The molecule has 0 bridgehead atoms. The Bertz CT molecular complexity index is 741. The molecule has 2 aromatic rings. The van der Waals surface area contributed by atoms with E-state index in [1.54, 1.807) is 25.2 Å². The first kappa shape index (κ1) is 22.5. The molecule has 0 aliphatic rings. The van der Waals surface area contributed by atoms with E-state index in [9.17, 15) is 4.79 Å². The number of carboxylic acids is 1. The van der Waals surface area contributed by atoms with E-state index < -0.39 is 5.97 Å². The Balaban J connectivity index is 0.000000277. The van der Waals surface area contributed by atoms with E-state index in [-0.39, 0.29) is 13.2 Å². The van der Waals surface area contributed by atoms with Crippen LogP contribution in [-0.4, -0.2) is 54.6 Å². The van der Waals surface area contributed by atoms with Gasteiger partial charge in [-0.1, -0.05) is 12.1 Å². The van der Waals surface area contributed by atoms with Gasteiger partial charge in [0.05, 0.1) is 18.8 Å². The van der Waals surface area contributed by atoms with Crippen LogP contribution < -0.4 is 10.2 Å². The van der Waals surface area contributed by atoms with Crippen LogP contribution in [0.25, 0.3) is 0 Å². The molecule has 2 aromatic carbocycles. The number of benzene rings is 2. The molecule has 0 spiro atoms. The zero-order valence-electron chi connectivity index (χ0n) is 16.5. The number of aromatic carboxylic acids is 1. The number of hydrogen-bond donors (Lipinski definition) is 4. The second kappa shape index (κ2) is 11.2. The van der Waals surface area contributed by atoms with Crippen molar-refractivity contribution < 1.29 is 20.1 Å². The van der Waals surface area contributed by atoms with Crippen LogP contribution in [0.4, 0.5) is 11.4 Å². The van der Waals surface area contributed by atoms with Gasteiger partial charge in [0.25, 0.3) is 0 Å². The molecule has 0 unspecified atom stereocenters. The lowest BCUT2D eigenvalue weighted by atomic mass is 10.1. The first-order valence-corrected chi connectivity index (χ1v) is 8.89. The summed E-state index contributed by atoms with van der Waals surface area (Å²) in [4.78, 5) is 12.5. The third-order valence-corrected chi connectivity index (χ3v) is 4.35. The zero-order valence-corrected chi connectivity index (χ0v) is 16.5. The summed E-state index contributed by atoms with van der Waals surface area (Å²) in [7, 11) is 1.77. The van der Waals surface area contributed by atoms with Crippen molar-refractivity contribution >= 4 is 17.3 Å². The monoisotopic (exact) mass is 374 g/mol. The molecule has 0 saturated heterocycles. The van der Waals surface area contributed by atoms with Crippen LogP contribution in [0.2, 0.25) is 0 Å². The van der Waals surface area contributed by atoms with E-state index in [1.807, 2.05) is 17.9 Å². The fourth-order valence-corrected chi connectivity index (χ4v) is 2.56. The van der Waals surface area contributed by atoms with Gasteiger partial charge in [-0.25, -0.2) is 4.79 Å². The van der Waals surface area contributed by atoms with Gasteiger partial charge in [0.1, 0.15) is 0 Å². The number of aliphatic hydroxyl groups excluding tert-OH is 2. The van der Waals surface area contributed by atoms with E-state index in [0.29, 0.717) is 18.7 Å². The van der Waals surface area contributed by atoms with Gasteiger partial charge in [0, 0.05) is 31.5 Å². The molecular formula is C21H30N2O4. The number of nitrogens with zero attached hydrogens (tertiary/aromatic N) is 1. The maximum absolute atomic E-state index is 10.6. The standard InChI is InChI=1S/C12H19NO2.C9H11NO2/c1-10-3-4-12(9-11(10)2)13(5-7-14)6-8-15;1-6-3-4-7(9(11)12)5-8(6)10-2/h3-4,9,14-15H,5-8H2,1-2H3;3-5,10H,1-2H3,(H,11,12). The molecule has 0 radical (unpaired) electrons. The molecule has 2 rings (SSSR count). The summed E-state index contributed by atoms with van der Waals surface area (Å²) in [5, 5.41) is 29.4. The summed E-state index contributed by atoms with van der Waals surface area (Å²) >= 11 is 0. The molecular weight excluding hydrogens is 344 g/mol. The fourth-order valence-electron chi connectivity index (χ4n) is 2.56.